The number of carbonyl (C=O) groups is 2. The number of hydrogen-bond donors (Lipinski definition) is 0. The van der Waals surface area contributed by atoms with Crippen LogP contribution < -0.4 is 4.90 Å². The van der Waals surface area contributed by atoms with Gasteiger partial charge in [0.1, 0.15) is 5.69 Å². The molecule has 0 aliphatic heterocycles. The lowest BCUT2D eigenvalue weighted by atomic mass is 10.2. The highest BCUT2D eigenvalue weighted by Crippen LogP contribution is 2.28. The van der Waals surface area contributed by atoms with Gasteiger partial charge in [-0.2, -0.15) is 5.10 Å². The molecule has 1 heterocycles. The van der Waals surface area contributed by atoms with Crippen molar-refractivity contribution in [2.75, 3.05) is 19.1 Å². The van der Waals surface area contributed by atoms with E-state index < -0.39 is 17.9 Å². The van der Waals surface area contributed by atoms with Crippen molar-refractivity contribution in [3.05, 3.63) is 72.3 Å². The van der Waals surface area contributed by atoms with E-state index in [1.807, 2.05) is 0 Å². The van der Waals surface area contributed by atoms with Gasteiger partial charge in [0.25, 0.3) is 0 Å². The number of methoxy groups -OCH3 is 2. The second-order valence-electron chi connectivity index (χ2n) is 5.44. The topological polar surface area (TPSA) is 73.7 Å². The largest absolute Gasteiger partial charge is 0.465 e. The van der Waals surface area contributed by atoms with Gasteiger partial charge in [0.05, 0.1) is 37.4 Å². The van der Waals surface area contributed by atoms with Crippen LogP contribution in [-0.2, 0) is 9.47 Å². The number of halogens is 1. The summed E-state index contributed by atoms with van der Waals surface area (Å²) >= 11 is 0. The van der Waals surface area contributed by atoms with Gasteiger partial charge in [-0.1, -0.05) is 18.2 Å². The molecule has 3 aromatic rings. The Morgan fingerprint density at radius 2 is 1.78 bits per heavy atom. The zero-order valence-corrected chi connectivity index (χ0v) is 14.6. The van der Waals surface area contributed by atoms with Gasteiger partial charge in [-0.05, 0) is 24.3 Å². The predicted molar refractivity (Wildman–Crippen MR) is 95.8 cm³/mol. The van der Waals surface area contributed by atoms with E-state index in [1.54, 1.807) is 36.4 Å². The highest BCUT2D eigenvalue weighted by molar-refractivity contribution is 5.96. The molecule has 0 saturated heterocycles. The van der Waals surface area contributed by atoms with Crippen LogP contribution in [0.4, 0.5) is 20.6 Å². The van der Waals surface area contributed by atoms with Crippen LogP contribution >= 0.6 is 0 Å². The smallest absolute Gasteiger partial charge is 0.418 e. The molecule has 0 N–H and O–H groups in total. The first-order valence-corrected chi connectivity index (χ1v) is 7.91. The van der Waals surface area contributed by atoms with Crippen LogP contribution in [0.3, 0.4) is 0 Å². The number of esters is 1. The number of ether oxygens (including phenoxy) is 2. The van der Waals surface area contributed by atoms with Gasteiger partial charge in [-0.3, -0.25) is 0 Å². The summed E-state index contributed by atoms with van der Waals surface area (Å²) in [4.78, 5) is 25.0. The van der Waals surface area contributed by atoms with Crippen molar-refractivity contribution in [3.63, 3.8) is 0 Å². The molecule has 0 bridgehead atoms. The summed E-state index contributed by atoms with van der Waals surface area (Å²) in [6.07, 6.45) is 1.99. The normalized spacial score (nSPS) is 10.3. The molecule has 0 atom stereocenters. The van der Waals surface area contributed by atoms with E-state index in [2.05, 4.69) is 9.84 Å². The zero-order valence-electron chi connectivity index (χ0n) is 14.6. The fraction of sp³-hybridized carbons (Fsp3) is 0.105. The van der Waals surface area contributed by atoms with E-state index >= 15 is 0 Å². The number of hydrogen-bond acceptors (Lipinski definition) is 5. The van der Waals surface area contributed by atoms with Crippen molar-refractivity contribution in [1.82, 2.24) is 9.78 Å². The Morgan fingerprint density at radius 1 is 1.04 bits per heavy atom. The van der Waals surface area contributed by atoms with E-state index in [9.17, 15) is 14.0 Å². The second kappa shape index (κ2) is 7.69. The van der Waals surface area contributed by atoms with Crippen molar-refractivity contribution in [2.45, 2.75) is 0 Å². The minimum absolute atomic E-state index is 0.117. The molecule has 0 spiro atoms. The third kappa shape index (κ3) is 3.64. The maximum absolute atomic E-state index is 14.7. The molecule has 27 heavy (non-hydrogen) atoms. The summed E-state index contributed by atoms with van der Waals surface area (Å²) in [7, 11) is 2.50. The first-order valence-electron chi connectivity index (χ1n) is 7.91. The molecule has 2 aromatic carbocycles. The van der Waals surface area contributed by atoms with Crippen molar-refractivity contribution in [1.29, 1.82) is 0 Å². The summed E-state index contributed by atoms with van der Waals surface area (Å²) < 4.78 is 25.4. The summed E-state index contributed by atoms with van der Waals surface area (Å²) in [5.41, 5.74) is 1.13. The molecule has 0 saturated carbocycles. The second-order valence-corrected chi connectivity index (χ2v) is 5.44. The average Bonchev–Trinajstić information content (AvgIpc) is 3.18. The monoisotopic (exact) mass is 369 g/mol. The summed E-state index contributed by atoms with van der Waals surface area (Å²) in [5.74, 6) is -1.20. The van der Waals surface area contributed by atoms with E-state index in [0.29, 0.717) is 5.69 Å². The lowest BCUT2D eigenvalue weighted by molar-refractivity contribution is 0.0600. The standard InChI is InChI=1S/C19H16FN3O4/c1-26-18(24)13-11-21-22(12-13)17-9-8-15(10-16(17)20)23(19(25)27-2)14-6-4-3-5-7-14/h3-12H,1-2H3. The number of rotatable bonds is 4. The Labute approximate surface area is 154 Å². The quantitative estimate of drug-likeness (QED) is 0.656. The predicted octanol–water partition coefficient (Wildman–Crippen LogP) is 3.70. The summed E-state index contributed by atoms with van der Waals surface area (Å²) in [5, 5.41) is 3.97. The Morgan fingerprint density at radius 3 is 2.41 bits per heavy atom. The number of carbonyl (C=O) groups excluding carboxylic acids is 2. The highest BCUT2D eigenvalue weighted by Gasteiger charge is 2.20. The maximum atomic E-state index is 14.7. The molecular weight excluding hydrogens is 353 g/mol. The van der Waals surface area contributed by atoms with E-state index in [4.69, 9.17) is 4.74 Å². The van der Waals surface area contributed by atoms with E-state index in [-0.39, 0.29) is 16.9 Å². The van der Waals surface area contributed by atoms with Crippen LogP contribution in [0.15, 0.2) is 60.9 Å². The SMILES string of the molecule is COC(=O)c1cnn(-c2ccc(N(C(=O)OC)c3ccccc3)cc2F)c1. The van der Waals surface area contributed by atoms with Gasteiger partial charge in [0, 0.05) is 12.3 Å². The number of para-hydroxylation sites is 1. The molecule has 0 radical (unpaired) electrons. The fourth-order valence-electron chi connectivity index (χ4n) is 2.53. The molecule has 0 fully saturated rings. The lowest BCUT2D eigenvalue weighted by Gasteiger charge is -2.21. The Hall–Kier alpha value is -3.68. The summed E-state index contributed by atoms with van der Waals surface area (Å²) in [6, 6.07) is 12.9. The van der Waals surface area contributed by atoms with Gasteiger partial charge in [-0.15, -0.1) is 0 Å². The van der Waals surface area contributed by atoms with Crippen LogP contribution in [0.25, 0.3) is 5.69 Å². The molecule has 1 amide bonds. The number of amides is 1. The molecule has 0 unspecified atom stereocenters. The van der Waals surface area contributed by atoms with Crippen LogP contribution in [0, 0.1) is 5.82 Å². The minimum atomic E-state index is -0.652. The molecule has 8 heteroatoms. The van der Waals surface area contributed by atoms with Crippen molar-refractivity contribution in [3.8, 4) is 5.69 Å². The van der Waals surface area contributed by atoms with Crippen LogP contribution in [-0.4, -0.2) is 36.1 Å². The van der Waals surface area contributed by atoms with E-state index in [0.717, 1.165) is 0 Å². The Bertz CT molecular complexity index is 972. The summed E-state index contributed by atoms with van der Waals surface area (Å²) in [6.45, 7) is 0. The first kappa shape index (κ1) is 18.1. The number of nitrogens with zero attached hydrogens (tertiary/aromatic N) is 3. The molecule has 7 nitrogen and oxygen atoms in total. The Balaban J connectivity index is 1.99. The zero-order chi connectivity index (χ0) is 19.4. The average molecular weight is 369 g/mol. The van der Waals surface area contributed by atoms with Crippen LogP contribution in [0.1, 0.15) is 10.4 Å². The first-order chi connectivity index (χ1) is 13.0. The van der Waals surface area contributed by atoms with Crippen molar-refractivity contribution in [2.24, 2.45) is 0 Å². The van der Waals surface area contributed by atoms with Gasteiger partial charge >= 0.3 is 12.1 Å². The van der Waals surface area contributed by atoms with Gasteiger partial charge in [0.15, 0.2) is 5.82 Å². The number of benzene rings is 2. The molecule has 0 aliphatic rings. The third-order valence-corrected chi connectivity index (χ3v) is 3.81. The third-order valence-electron chi connectivity index (χ3n) is 3.81. The van der Waals surface area contributed by atoms with Gasteiger partial charge in [0.2, 0.25) is 0 Å². The van der Waals surface area contributed by atoms with Crippen molar-refractivity contribution >= 4 is 23.4 Å². The molecular formula is C19H16FN3O4. The van der Waals surface area contributed by atoms with Crippen LogP contribution in [0.5, 0.6) is 0 Å². The minimum Gasteiger partial charge on any atom is -0.465 e. The maximum Gasteiger partial charge on any atom is 0.418 e. The number of anilines is 2. The fourth-order valence-corrected chi connectivity index (χ4v) is 2.53. The molecule has 0 aliphatic carbocycles. The van der Waals surface area contributed by atoms with Crippen LogP contribution in [0.2, 0.25) is 0 Å². The number of aromatic nitrogens is 2. The van der Waals surface area contributed by atoms with Crippen molar-refractivity contribution < 1.29 is 23.5 Å². The molecule has 1 aromatic heterocycles. The highest BCUT2D eigenvalue weighted by atomic mass is 19.1. The Kier molecular flexibility index (Phi) is 5.16. The molecule has 138 valence electrons. The van der Waals surface area contributed by atoms with E-state index in [1.165, 1.54) is 48.3 Å². The van der Waals surface area contributed by atoms with Gasteiger partial charge in [-0.25, -0.2) is 23.6 Å². The lowest BCUT2D eigenvalue weighted by Crippen LogP contribution is -2.25. The van der Waals surface area contributed by atoms with Gasteiger partial charge < -0.3 is 9.47 Å². The molecule has 3 rings (SSSR count).